The minimum Gasteiger partial charge on any atom is -0.391 e. The lowest BCUT2D eigenvalue weighted by atomic mass is 10.1. The summed E-state index contributed by atoms with van der Waals surface area (Å²) < 4.78 is 4.95. The molecule has 0 saturated heterocycles. The molecular formula is C16H34O2S. The van der Waals surface area contributed by atoms with Crippen LogP contribution in [0.4, 0.5) is 0 Å². The Balaban J connectivity index is 0. The second-order valence-corrected chi connectivity index (χ2v) is 5.62. The van der Waals surface area contributed by atoms with Gasteiger partial charge in [0.05, 0.1) is 12.0 Å². The first-order valence-corrected chi connectivity index (χ1v) is 8.54. The van der Waals surface area contributed by atoms with Crippen LogP contribution in [0.5, 0.6) is 0 Å². The number of carbonyl (C=O) groups excluding carboxylic acids is 1. The third-order valence-corrected chi connectivity index (χ3v) is 3.78. The van der Waals surface area contributed by atoms with Gasteiger partial charge in [-0.2, -0.15) is 0 Å². The monoisotopic (exact) mass is 290 g/mol. The second kappa shape index (κ2) is 17.8. The smallest absolute Gasteiger partial charge is 0.317 e. The van der Waals surface area contributed by atoms with Gasteiger partial charge in [0, 0.05) is 12.2 Å². The molecule has 0 aliphatic rings. The molecule has 0 aromatic carbocycles. The topological polar surface area (TPSA) is 26.3 Å². The van der Waals surface area contributed by atoms with Crippen molar-refractivity contribution in [1.82, 2.24) is 0 Å². The Kier molecular flexibility index (Phi) is 19.8. The summed E-state index contributed by atoms with van der Waals surface area (Å²) in [5, 5.41) is 0. The molecule has 0 unspecified atom stereocenters. The van der Waals surface area contributed by atoms with Crippen molar-refractivity contribution in [1.29, 1.82) is 0 Å². The molecule has 0 amide bonds. The van der Waals surface area contributed by atoms with Crippen molar-refractivity contribution in [2.75, 3.05) is 5.75 Å². The summed E-state index contributed by atoms with van der Waals surface area (Å²) in [5.41, 5.74) is 0. The molecule has 0 bridgehead atoms. The lowest BCUT2D eigenvalue weighted by Gasteiger charge is -2.02. The highest BCUT2D eigenvalue weighted by Crippen LogP contribution is 2.13. The van der Waals surface area contributed by atoms with Gasteiger partial charge in [0.2, 0.25) is 0 Å². The van der Waals surface area contributed by atoms with E-state index >= 15 is 0 Å². The number of rotatable bonds is 13. The molecule has 0 fully saturated rings. The van der Waals surface area contributed by atoms with Crippen molar-refractivity contribution in [3.8, 4) is 0 Å². The minimum atomic E-state index is -0.105. The lowest BCUT2D eigenvalue weighted by Crippen LogP contribution is -1.96. The van der Waals surface area contributed by atoms with Crippen molar-refractivity contribution in [2.24, 2.45) is 0 Å². The van der Waals surface area contributed by atoms with Crippen LogP contribution in [-0.2, 0) is 8.98 Å². The molecule has 3 heteroatoms. The number of hydrogen-bond acceptors (Lipinski definition) is 3. The molecule has 0 aromatic rings. The maximum Gasteiger partial charge on any atom is 0.317 e. The van der Waals surface area contributed by atoms with Gasteiger partial charge in [-0.15, -0.1) is 0 Å². The zero-order valence-electron chi connectivity index (χ0n) is 12.2. The Bertz CT molecular complexity index is 184. The molecule has 0 N–H and O–H groups in total. The average molecular weight is 291 g/mol. The Labute approximate surface area is 125 Å². The Morgan fingerprint density at radius 1 is 0.842 bits per heavy atom. The Morgan fingerprint density at radius 2 is 1.32 bits per heavy atom. The Morgan fingerprint density at radius 3 is 1.79 bits per heavy atom. The predicted octanol–water partition coefficient (Wildman–Crippen LogP) is 6.14. The van der Waals surface area contributed by atoms with E-state index < -0.39 is 0 Å². The van der Waals surface area contributed by atoms with E-state index in [0.717, 1.165) is 12.2 Å². The van der Waals surface area contributed by atoms with Gasteiger partial charge in [-0.05, 0) is 6.42 Å². The third kappa shape index (κ3) is 17.8. The van der Waals surface area contributed by atoms with Crippen LogP contribution in [0.2, 0.25) is 0 Å². The largest absolute Gasteiger partial charge is 0.391 e. The van der Waals surface area contributed by atoms with Gasteiger partial charge in [0.1, 0.15) is 0 Å². The van der Waals surface area contributed by atoms with E-state index in [4.69, 9.17) is 4.18 Å². The predicted molar refractivity (Wildman–Crippen MR) is 87.4 cm³/mol. The van der Waals surface area contributed by atoms with Crippen molar-refractivity contribution in [3.63, 3.8) is 0 Å². The van der Waals surface area contributed by atoms with E-state index in [0.29, 0.717) is 6.42 Å². The van der Waals surface area contributed by atoms with E-state index in [9.17, 15) is 4.79 Å². The van der Waals surface area contributed by atoms with Crippen LogP contribution < -0.4 is 0 Å². The highest BCUT2D eigenvalue weighted by atomic mass is 32.2. The van der Waals surface area contributed by atoms with E-state index in [1.54, 1.807) is 0 Å². The highest BCUT2D eigenvalue weighted by molar-refractivity contribution is 7.95. The SMILES string of the molecule is C.CCCCCCCCCCCCSOC(=O)CC. The first-order valence-electron chi connectivity index (χ1n) is 7.63. The molecule has 116 valence electrons. The van der Waals surface area contributed by atoms with Crippen LogP contribution in [0.3, 0.4) is 0 Å². The quantitative estimate of drug-likeness (QED) is 0.301. The first kappa shape index (κ1) is 21.1. The Hall–Kier alpha value is -0.180. The van der Waals surface area contributed by atoms with Crippen molar-refractivity contribution < 1.29 is 8.98 Å². The van der Waals surface area contributed by atoms with Gasteiger partial charge in [-0.1, -0.05) is 79.1 Å². The molecule has 0 spiro atoms. The molecule has 0 atom stereocenters. The van der Waals surface area contributed by atoms with Crippen molar-refractivity contribution in [3.05, 3.63) is 0 Å². The van der Waals surface area contributed by atoms with E-state index in [1.165, 1.54) is 69.8 Å². The fraction of sp³-hybridized carbons (Fsp3) is 0.938. The molecule has 0 rings (SSSR count). The minimum absolute atomic E-state index is 0. The lowest BCUT2D eigenvalue weighted by molar-refractivity contribution is -0.132. The zero-order valence-corrected chi connectivity index (χ0v) is 13.0. The van der Waals surface area contributed by atoms with Crippen LogP contribution in [0.1, 0.15) is 91.9 Å². The summed E-state index contributed by atoms with van der Waals surface area (Å²) in [7, 11) is 0. The fourth-order valence-corrected chi connectivity index (χ4v) is 2.47. The molecule has 0 heterocycles. The molecule has 0 radical (unpaired) electrons. The number of unbranched alkanes of at least 4 members (excludes halogenated alkanes) is 9. The molecule has 19 heavy (non-hydrogen) atoms. The van der Waals surface area contributed by atoms with Crippen molar-refractivity contribution in [2.45, 2.75) is 91.9 Å². The van der Waals surface area contributed by atoms with Gasteiger partial charge in [0.15, 0.2) is 0 Å². The standard InChI is InChI=1S/C15H30O2S.CH4/c1-3-5-6-7-8-9-10-11-12-13-14-18-17-15(16)4-2;/h3-14H2,1-2H3;1H4. The van der Waals surface area contributed by atoms with E-state index in [-0.39, 0.29) is 13.4 Å². The van der Waals surface area contributed by atoms with Gasteiger partial charge < -0.3 is 4.18 Å². The second-order valence-electron chi connectivity index (χ2n) is 4.81. The molecule has 2 nitrogen and oxygen atoms in total. The maximum atomic E-state index is 10.9. The summed E-state index contributed by atoms with van der Waals surface area (Å²) in [4.78, 5) is 10.9. The normalized spacial score (nSPS) is 10.0. The molecular weight excluding hydrogens is 256 g/mol. The van der Waals surface area contributed by atoms with Gasteiger partial charge in [-0.3, -0.25) is 4.79 Å². The van der Waals surface area contributed by atoms with E-state index in [1.807, 2.05) is 6.92 Å². The van der Waals surface area contributed by atoms with Crippen molar-refractivity contribution >= 4 is 18.0 Å². The molecule has 0 saturated carbocycles. The number of hydrogen-bond donors (Lipinski definition) is 0. The summed E-state index contributed by atoms with van der Waals surface area (Å²) in [5.74, 6) is 0.842. The van der Waals surface area contributed by atoms with Crippen LogP contribution in [0.25, 0.3) is 0 Å². The zero-order chi connectivity index (χ0) is 13.5. The summed E-state index contributed by atoms with van der Waals surface area (Å²) in [6.07, 6.45) is 14.0. The average Bonchev–Trinajstić information content (AvgIpc) is 2.39. The maximum absolute atomic E-state index is 10.9. The third-order valence-electron chi connectivity index (χ3n) is 3.02. The fourth-order valence-electron chi connectivity index (χ4n) is 1.81. The summed E-state index contributed by atoms with van der Waals surface area (Å²) >= 11 is 1.31. The van der Waals surface area contributed by atoms with Crippen LogP contribution in [0, 0.1) is 0 Å². The van der Waals surface area contributed by atoms with E-state index in [2.05, 4.69) is 6.92 Å². The summed E-state index contributed by atoms with van der Waals surface area (Å²) in [6, 6.07) is 0. The first-order chi connectivity index (χ1) is 8.81. The van der Waals surface area contributed by atoms with Crippen LogP contribution >= 0.6 is 12.0 Å². The number of carbonyl (C=O) groups is 1. The molecule has 0 aliphatic heterocycles. The van der Waals surface area contributed by atoms with Gasteiger partial charge in [-0.25, -0.2) is 0 Å². The van der Waals surface area contributed by atoms with Crippen LogP contribution in [0.15, 0.2) is 0 Å². The van der Waals surface area contributed by atoms with Crippen LogP contribution in [-0.4, -0.2) is 11.7 Å². The van der Waals surface area contributed by atoms with Gasteiger partial charge in [0.25, 0.3) is 0 Å². The molecule has 0 aliphatic carbocycles. The summed E-state index contributed by atoms with van der Waals surface area (Å²) in [6.45, 7) is 4.08. The molecule has 0 aromatic heterocycles. The highest BCUT2D eigenvalue weighted by Gasteiger charge is 1.98. The van der Waals surface area contributed by atoms with Gasteiger partial charge >= 0.3 is 5.97 Å².